The summed E-state index contributed by atoms with van der Waals surface area (Å²) < 4.78 is 32.2. The fourth-order valence-electron chi connectivity index (χ4n) is 3.60. The summed E-state index contributed by atoms with van der Waals surface area (Å²) in [4.78, 5) is 25.4. The number of sulfonamides is 1. The molecule has 0 unspecified atom stereocenters. The van der Waals surface area contributed by atoms with Crippen LogP contribution in [0.3, 0.4) is 0 Å². The van der Waals surface area contributed by atoms with Gasteiger partial charge in [0.1, 0.15) is 12.1 Å². The minimum atomic E-state index is -3.83. The van der Waals surface area contributed by atoms with Gasteiger partial charge in [-0.15, -0.1) is 0 Å². The molecule has 0 saturated carbocycles. The van der Waals surface area contributed by atoms with E-state index in [1.165, 1.54) is 23.5 Å². The number of aryl methyl sites for hydroxylation is 1. The molecule has 1 aliphatic rings. The van der Waals surface area contributed by atoms with Gasteiger partial charge in [-0.1, -0.05) is 41.4 Å². The molecular weight excluding hydrogens is 440 g/mol. The van der Waals surface area contributed by atoms with Gasteiger partial charge in [-0.2, -0.15) is 4.31 Å². The standard InChI is InChI=1S/C22H25ClN2O5S/c1-15-5-11-18(12-6-15)31(28,29)25-13-3-4-20(25)21(26)24-19(22(27)30-2)14-16-7-9-17(23)10-8-16/h5-12,19-20H,3-4,13-14H2,1-2H3,(H,24,26)/t19-,20-/m0/s1. The van der Waals surface area contributed by atoms with Gasteiger partial charge < -0.3 is 10.1 Å². The predicted octanol–water partition coefficient (Wildman–Crippen LogP) is 2.70. The molecule has 166 valence electrons. The zero-order valence-electron chi connectivity index (χ0n) is 17.4. The number of methoxy groups -OCH3 is 1. The summed E-state index contributed by atoms with van der Waals surface area (Å²) in [6, 6.07) is 11.6. The summed E-state index contributed by atoms with van der Waals surface area (Å²) in [6.45, 7) is 2.12. The topological polar surface area (TPSA) is 92.8 Å². The van der Waals surface area contributed by atoms with E-state index in [-0.39, 0.29) is 17.9 Å². The van der Waals surface area contributed by atoms with Crippen LogP contribution in [0.1, 0.15) is 24.0 Å². The summed E-state index contributed by atoms with van der Waals surface area (Å²) in [5.74, 6) is -1.12. The van der Waals surface area contributed by atoms with Crippen LogP contribution in [-0.2, 0) is 30.8 Å². The second-order valence-corrected chi connectivity index (χ2v) is 9.83. The number of hydrogen-bond acceptors (Lipinski definition) is 5. The first-order valence-electron chi connectivity index (χ1n) is 9.93. The van der Waals surface area contributed by atoms with E-state index in [2.05, 4.69) is 5.32 Å². The molecule has 9 heteroatoms. The molecule has 1 saturated heterocycles. The van der Waals surface area contributed by atoms with Gasteiger partial charge in [0, 0.05) is 18.0 Å². The Morgan fingerprint density at radius 3 is 2.42 bits per heavy atom. The van der Waals surface area contributed by atoms with E-state index in [4.69, 9.17) is 16.3 Å². The van der Waals surface area contributed by atoms with Gasteiger partial charge in [0.2, 0.25) is 15.9 Å². The lowest BCUT2D eigenvalue weighted by Crippen LogP contribution is -2.51. The number of hydrogen-bond donors (Lipinski definition) is 1. The Labute approximate surface area is 187 Å². The van der Waals surface area contributed by atoms with E-state index >= 15 is 0 Å². The molecule has 0 aromatic heterocycles. The molecule has 2 aromatic rings. The van der Waals surface area contributed by atoms with Crippen molar-refractivity contribution in [3.8, 4) is 0 Å². The molecule has 7 nitrogen and oxygen atoms in total. The minimum Gasteiger partial charge on any atom is -0.467 e. The lowest BCUT2D eigenvalue weighted by atomic mass is 10.1. The number of carbonyl (C=O) groups excluding carboxylic acids is 2. The third-order valence-electron chi connectivity index (χ3n) is 5.29. The normalized spacial score (nSPS) is 17.8. The molecule has 1 aliphatic heterocycles. The number of esters is 1. The smallest absolute Gasteiger partial charge is 0.328 e. The second-order valence-electron chi connectivity index (χ2n) is 7.50. The van der Waals surface area contributed by atoms with Gasteiger partial charge in [0.15, 0.2) is 0 Å². The number of ether oxygens (including phenoxy) is 1. The molecule has 2 atom stereocenters. The number of benzene rings is 2. The maximum Gasteiger partial charge on any atom is 0.328 e. The quantitative estimate of drug-likeness (QED) is 0.636. The Hall–Kier alpha value is -2.42. The Morgan fingerprint density at radius 1 is 1.16 bits per heavy atom. The Balaban J connectivity index is 1.78. The largest absolute Gasteiger partial charge is 0.467 e. The first kappa shape index (κ1) is 23.2. The molecule has 3 rings (SSSR count). The summed E-state index contributed by atoms with van der Waals surface area (Å²) in [6.07, 6.45) is 1.14. The van der Waals surface area contributed by atoms with Crippen molar-refractivity contribution in [3.05, 3.63) is 64.7 Å². The predicted molar refractivity (Wildman–Crippen MR) is 117 cm³/mol. The SMILES string of the molecule is COC(=O)[C@H](Cc1ccc(Cl)cc1)NC(=O)[C@@H]1CCCN1S(=O)(=O)c1ccc(C)cc1. The lowest BCUT2D eigenvalue weighted by molar-refractivity contribution is -0.145. The van der Waals surface area contributed by atoms with E-state index in [9.17, 15) is 18.0 Å². The fourth-order valence-corrected chi connectivity index (χ4v) is 5.38. The summed E-state index contributed by atoms with van der Waals surface area (Å²) in [7, 11) is -2.59. The van der Waals surface area contributed by atoms with Crippen LogP contribution in [0.25, 0.3) is 0 Å². The van der Waals surface area contributed by atoms with Crippen LogP contribution in [-0.4, -0.2) is 50.3 Å². The molecule has 1 heterocycles. The van der Waals surface area contributed by atoms with E-state index in [1.54, 1.807) is 36.4 Å². The van der Waals surface area contributed by atoms with E-state index < -0.39 is 34.0 Å². The highest BCUT2D eigenvalue weighted by Crippen LogP contribution is 2.26. The van der Waals surface area contributed by atoms with Crippen LogP contribution in [0.2, 0.25) is 5.02 Å². The fraction of sp³-hybridized carbons (Fsp3) is 0.364. The first-order chi connectivity index (χ1) is 14.7. The number of rotatable bonds is 7. The van der Waals surface area contributed by atoms with Gasteiger partial charge in [0.25, 0.3) is 0 Å². The van der Waals surface area contributed by atoms with Crippen LogP contribution >= 0.6 is 11.6 Å². The molecule has 2 aromatic carbocycles. The number of nitrogens with one attached hydrogen (secondary N) is 1. The lowest BCUT2D eigenvalue weighted by Gasteiger charge is -2.25. The number of halogens is 1. The van der Waals surface area contributed by atoms with E-state index in [1.807, 2.05) is 6.92 Å². The van der Waals surface area contributed by atoms with Crippen molar-refractivity contribution in [1.82, 2.24) is 9.62 Å². The third kappa shape index (κ3) is 5.44. The highest BCUT2D eigenvalue weighted by atomic mass is 35.5. The Kier molecular flexibility index (Phi) is 7.35. The average Bonchev–Trinajstić information content (AvgIpc) is 3.25. The van der Waals surface area contributed by atoms with Crippen molar-refractivity contribution < 1.29 is 22.7 Å². The van der Waals surface area contributed by atoms with Crippen LogP contribution in [0.5, 0.6) is 0 Å². The van der Waals surface area contributed by atoms with Gasteiger partial charge in [-0.3, -0.25) is 4.79 Å². The minimum absolute atomic E-state index is 0.142. The van der Waals surface area contributed by atoms with Crippen molar-refractivity contribution >= 4 is 33.5 Å². The van der Waals surface area contributed by atoms with Crippen molar-refractivity contribution in [2.24, 2.45) is 0 Å². The highest BCUT2D eigenvalue weighted by molar-refractivity contribution is 7.89. The van der Waals surface area contributed by atoms with Gasteiger partial charge in [0.05, 0.1) is 12.0 Å². The third-order valence-corrected chi connectivity index (χ3v) is 7.46. The maximum atomic E-state index is 13.1. The molecule has 0 aliphatic carbocycles. The molecule has 0 spiro atoms. The molecular formula is C22H25ClN2O5S. The Bertz CT molecular complexity index is 1040. The molecule has 1 N–H and O–H groups in total. The summed E-state index contributed by atoms with van der Waals surface area (Å²) in [5.41, 5.74) is 1.73. The van der Waals surface area contributed by atoms with Crippen LogP contribution in [0.4, 0.5) is 0 Å². The highest BCUT2D eigenvalue weighted by Gasteiger charge is 2.40. The first-order valence-corrected chi connectivity index (χ1v) is 11.8. The van der Waals surface area contributed by atoms with E-state index in [0.29, 0.717) is 17.9 Å². The van der Waals surface area contributed by atoms with Crippen LogP contribution < -0.4 is 5.32 Å². The van der Waals surface area contributed by atoms with E-state index in [0.717, 1.165) is 11.1 Å². The molecule has 0 bridgehead atoms. The molecule has 1 fully saturated rings. The second kappa shape index (κ2) is 9.80. The summed E-state index contributed by atoms with van der Waals surface area (Å²) in [5, 5.41) is 3.24. The number of carbonyl (C=O) groups is 2. The average molecular weight is 465 g/mol. The molecule has 1 amide bonds. The zero-order valence-corrected chi connectivity index (χ0v) is 18.9. The number of amides is 1. The molecule has 0 radical (unpaired) electrons. The van der Waals surface area contributed by atoms with Crippen molar-refractivity contribution in [1.29, 1.82) is 0 Å². The molecule has 31 heavy (non-hydrogen) atoms. The maximum absolute atomic E-state index is 13.1. The van der Waals surface area contributed by atoms with Crippen molar-refractivity contribution in [2.75, 3.05) is 13.7 Å². The van der Waals surface area contributed by atoms with Gasteiger partial charge in [-0.25, -0.2) is 13.2 Å². The van der Waals surface area contributed by atoms with Crippen LogP contribution in [0, 0.1) is 6.92 Å². The summed E-state index contributed by atoms with van der Waals surface area (Å²) >= 11 is 5.90. The van der Waals surface area contributed by atoms with Crippen molar-refractivity contribution in [2.45, 2.75) is 43.2 Å². The van der Waals surface area contributed by atoms with Crippen molar-refractivity contribution in [3.63, 3.8) is 0 Å². The Morgan fingerprint density at radius 2 is 1.81 bits per heavy atom. The van der Waals surface area contributed by atoms with Gasteiger partial charge >= 0.3 is 5.97 Å². The monoisotopic (exact) mass is 464 g/mol. The number of nitrogens with zero attached hydrogens (tertiary/aromatic N) is 1. The van der Waals surface area contributed by atoms with Crippen LogP contribution in [0.15, 0.2) is 53.4 Å². The van der Waals surface area contributed by atoms with Gasteiger partial charge in [-0.05, 0) is 49.6 Å². The zero-order chi connectivity index (χ0) is 22.6.